The molecule has 2 aromatic rings. The molecule has 170 valence electrons. The second-order valence-corrected chi connectivity index (χ2v) is 7.07. The summed E-state index contributed by atoms with van der Waals surface area (Å²) in [5, 5.41) is 6.59. The molecule has 2 N–H and O–H groups in total. The van der Waals surface area contributed by atoms with E-state index in [0.717, 1.165) is 49.8 Å². The molecule has 0 radical (unpaired) electrons. The Labute approximate surface area is 202 Å². The molecule has 1 aliphatic heterocycles. The molecule has 2 heterocycles. The average molecular weight is 540 g/mol. The molecule has 0 amide bonds. The summed E-state index contributed by atoms with van der Waals surface area (Å²) in [5.41, 5.74) is 1.96. The lowest BCUT2D eigenvalue weighted by Gasteiger charge is -2.34. The van der Waals surface area contributed by atoms with E-state index in [1.165, 1.54) is 0 Å². The van der Waals surface area contributed by atoms with Crippen molar-refractivity contribution >= 4 is 41.4 Å². The summed E-state index contributed by atoms with van der Waals surface area (Å²) < 4.78 is 10.6. The molecule has 1 aromatic carbocycles. The third kappa shape index (κ3) is 6.86. The highest BCUT2D eigenvalue weighted by molar-refractivity contribution is 14.0. The van der Waals surface area contributed by atoms with Gasteiger partial charge in [0.2, 0.25) is 0 Å². The highest BCUT2D eigenvalue weighted by Gasteiger charge is 2.16. The second-order valence-electron chi connectivity index (χ2n) is 7.07. The normalized spacial score (nSPS) is 14.6. The molecule has 0 atom stereocenters. The Balaban J connectivity index is 0.00000341. The van der Waals surface area contributed by atoms with Crippen LogP contribution in [0.4, 0.5) is 11.5 Å². The molecular formula is C22H33IN6O2. The Bertz CT molecular complexity index is 838. The monoisotopic (exact) mass is 540 g/mol. The van der Waals surface area contributed by atoms with Gasteiger partial charge in [0.15, 0.2) is 17.5 Å². The van der Waals surface area contributed by atoms with E-state index in [4.69, 9.17) is 9.47 Å². The number of guanidine groups is 1. The molecule has 1 saturated heterocycles. The fraction of sp³-hybridized carbons (Fsp3) is 0.455. The van der Waals surface area contributed by atoms with Gasteiger partial charge in [-0.1, -0.05) is 13.0 Å². The number of piperazine rings is 1. The number of aliphatic imine (C=N–C) groups is 1. The Kier molecular flexibility index (Phi) is 10.1. The Morgan fingerprint density at radius 2 is 1.81 bits per heavy atom. The van der Waals surface area contributed by atoms with Crippen molar-refractivity contribution in [3.05, 3.63) is 42.1 Å². The van der Waals surface area contributed by atoms with Crippen LogP contribution in [-0.4, -0.2) is 69.8 Å². The number of hydrogen-bond donors (Lipinski definition) is 2. The van der Waals surface area contributed by atoms with Crippen LogP contribution in [0, 0.1) is 0 Å². The zero-order valence-electron chi connectivity index (χ0n) is 18.7. The Morgan fingerprint density at radius 3 is 2.39 bits per heavy atom. The molecule has 8 nitrogen and oxygen atoms in total. The first-order valence-corrected chi connectivity index (χ1v) is 10.3. The summed E-state index contributed by atoms with van der Waals surface area (Å²) in [5.74, 6) is 3.06. The van der Waals surface area contributed by atoms with Crippen molar-refractivity contribution in [3.8, 4) is 11.5 Å². The van der Waals surface area contributed by atoms with Crippen molar-refractivity contribution < 1.29 is 9.47 Å². The van der Waals surface area contributed by atoms with Crippen LogP contribution in [0.3, 0.4) is 0 Å². The van der Waals surface area contributed by atoms with Crippen LogP contribution in [-0.2, 0) is 6.54 Å². The molecule has 0 aliphatic carbocycles. The molecular weight excluding hydrogens is 507 g/mol. The van der Waals surface area contributed by atoms with Crippen molar-refractivity contribution in [2.45, 2.75) is 13.5 Å². The van der Waals surface area contributed by atoms with Gasteiger partial charge < -0.3 is 29.9 Å². The standard InChI is InChI=1S/C22H32N6O2.HI/c1-5-27-10-12-28(13-11-27)21-9-6-17(15-24-21)16-25-22(23-2)26-18-7-8-19(29-3)20(14-18)30-4;/h6-9,14-15H,5,10-13,16H2,1-4H3,(H2,23,25,26);1H. The molecule has 0 spiro atoms. The van der Waals surface area contributed by atoms with E-state index < -0.39 is 0 Å². The van der Waals surface area contributed by atoms with Gasteiger partial charge in [0.25, 0.3) is 0 Å². The first-order valence-electron chi connectivity index (χ1n) is 10.3. The number of aromatic nitrogens is 1. The number of hydrogen-bond acceptors (Lipinski definition) is 6. The predicted molar refractivity (Wildman–Crippen MR) is 137 cm³/mol. The summed E-state index contributed by atoms with van der Waals surface area (Å²) in [6, 6.07) is 9.87. The predicted octanol–water partition coefficient (Wildman–Crippen LogP) is 3.05. The van der Waals surface area contributed by atoms with Gasteiger partial charge in [-0.3, -0.25) is 4.99 Å². The fourth-order valence-electron chi connectivity index (χ4n) is 3.42. The fourth-order valence-corrected chi connectivity index (χ4v) is 3.42. The van der Waals surface area contributed by atoms with Crippen molar-refractivity contribution in [2.24, 2.45) is 4.99 Å². The topological polar surface area (TPSA) is 74.2 Å². The number of likely N-dealkylation sites (N-methyl/N-ethyl adjacent to an activating group) is 1. The number of methoxy groups -OCH3 is 2. The maximum Gasteiger partial charge on any atom is 0.195 e. The third-order valence-corrected chi connectivity index (χ3v) is 5.28. The quantitative estimate of drug-likeness (QED) is 0.318. The van der Waals surface area contributed by atoms with Gasteiger partial charge in [-0.15, -0.1) is 24.0 Å². The SMILES string of the molecule is CCN1CCN(c2ccc(CNC(=NC)Nc3ccc(OC)c(OC)c3)cn2)CC1.I. The van der Waals surface area contributed by atoms with Gasteiger partial charge in [-0.2, -0.15) is 0 Å². The van der Waals surface area contributed by atoms with E-state index in [0.29, 0.717) is 24.0 Å². The largest absolute Gasteiger partial charge is 0.493 e. The first kappa shape index (κ1) is 25.0. The summed E-state index contributed by atoms with van der Waals surface area (Å²) >= 11 is 0. The number of halogens is 1. The smallest absolute Gasteiger partial charge is 0.195 e. The van der Waals surface area contributed by atoms with Crippen LogP contribution in [0.15, 0.2) is 41.5 Å². The third-order valence-electron chi connectivity index (χ3n) is 5.28. The van der Waals surface area contributed by atoms with E-state index >= 15 is 0 Å². The van der Waals surface area contributed by atoms with Crippen molar-refractivity contribution in [1.29, 1.82) is 0 Å². The molecule has 31 heavy (non-hydrogen) atoms. The molecule has 0 bridgehead atoms. The molecule has 0 unspecified atom stereocenters. The van der Waals surface area contributed by atoms with Crippen LogP contribution in [0.25, 0.3) is 0 Å². The molecule has 0 saturated carbocycles. The molecule has 1 aliphatic rings. The number of nitrogens with one attached hydrogen (secondary N) is 2. The lowest BCUT2D eigenvalue weighted by Crippen LogP contribution is -2.46. The molecule has 9 heteroatoms. The number of rotatable bonds is 7. The zero-order chi connectivity index (χ0) is 21.3. The lowest BCUT2D eigenvalue weighted by molar-refractivity contribution is 0.270. The van der Waals surface area contributed by atoms with Crippen molar-refractivity contribution in [3.63, 3.8) is 0 Å². The molecule has 1 aromatic heterocycles. The maximum absolute atomic E-state index is 5.35. The van der Waals surface area contributed by atoms with Gasteiger partial charge in [-0.05, 0) is 30.3 Å². The van der Waals surface area contributed by atoms with E-state index in [9.17, 15) is 0 Å². The summed E-state index contributed by atoms with van der Waals surface area (Å²) in [6.07, 6.45) is 1.93. The van der Waals surface area contributed by atoms with Crippen LogP contribution >= 0.6 is 24.0 Å². The number of pyridine rings is 1. The van der Waals surface area contributed by atoms with Gasteiger partial charge >= 0.3 is 0 Å². The Morgan fingerprint density at radius 1 is 1.06 bits per heavy atom. The van der Waals surface area contributed by atoms with Crippen LogP contribution in [0.2, 0.25) is 0 Å². The van der Waals surface area contributed by atoms with Crippen molar-refractivity contribution in [2.75, 3.05) is 64.2 Å². The summed E-state index contributed by atoms with van der Waals surface area (Å²) in [4.78, 5) is 13.8. The van der Waals surface area contributed by atoms with E-state index in [2.05, 4.69) is 49.5 Å². The summed E-state index contributed by atoms with van der Waals surface area (Å²) in [6.45, 7) is 8.21. The van der Waals surface area contributed by atoms with Gasteiger partial charge in [0.1, 0.15) is 5.82 Å². The lowest BCUT2D eigenvalue weighted by atomic mass is 10.2. The van der Waals surface area contributed by atoms with Crippen LogP contribution in [0.5, 0.6) is 11.5 Å². The van der Waals surface area contributed by atoms with Crippen LogP contribution in [0.1, 0.15) is 12.5 Å². The highest BCUT2D eigenvalue weighted by Crippen LogP contribution is 2.29. The van der Waals surface area contributed by atoms with Gasteiger partial charge in [0.05, 0.1) is 14.2 Å². The second kappa shape index (κ2) is 12.6. The average Bonchev–Trinajstić information content (AvgIpc) is 2.82. The number of benzene rings is 1. The number of ether oxygens (including phenoxy) is 2. The minimum absolute atomic E-state index is 0. The number of nitrogens with zero attached hydrogens (tertiary/aromatic N) is 4. The van der Waals surface area contributed by atoms with Gasteiger partial charge in [-0.25, -0.2) is 4.98 Å². The van der Waals surface area contributed by atoms with E-state index in [1.807, 2.05) is 24.4 Å². The van der Waals surface area contributed by atoms with E-state index in [-0.39, 0.29) is 24.0 Å². The highest BCUT2D eigenvalue weighted by atomic mass is 127. The van der Waals surface area contributed by atoms with Gasteiger partial charge in [0, 0.05) is 57.7 Å². The van der Waals surface area contributed by atoms with Crippen molar-refractivity contribution in [1.82, 2.24) is 15.2 Å². The zero-order valence-corrected chi connectivity index (χ0v) is 21.1. The first-order chi connectivity index (χ1) is 14.7. The minimum atomic E-state index is 0. The maximum atomic E-state index is 5.35. The molecule has 1 fully saturated rings. The number of anilines is 2. The van der Waals surface area contributed by atoms with E-state index in [1.54, 1.807) is 21.3 Å². The minimum Gasteiger partial charge on any atom is -0.493 e. The molecule has 3 rings (SSSR count). The summed E-state index contributed by atoms with van der Waals surface area (Å²) in [7, 11) is 4.98. The van der Waals surface area contributed by atoms with Crippen LogP contribution < -0.4 is 25.0 Å². The Hall–Kier alpha value is -2.27.